The first-order chi connectivity index (χ1) is 15.0. The molecule has 0 unspecified atom stereocenters. The van der Waals surface area contributed by atoms with Gasteiger partial charge in [-0.3, -0.25) is 19.1 Å². The van der Waals surface area contributed by atoms with E-state index in [-0.39, 0.29) is 28.3 Å². The predicted octanol–water partition coefficient (Wildman–Crippen LogP) is 1.65. The number of hydrogen-bond donors (Lipinski definition) is 2. The van der Waals surface area contributed by atoms with Crippen LogP contribution < -0.4 is 21.5 Å². The average molecular weight is 425 g/mol. The first kappa shape index (κ1) is 19.4. The maximum atomic E-state index is 14.6. The molecule has 3 heterocycles. The minimum absolute atomic E-state index is 0.0204. The zero-order chi connectivity index (χ0) is 21.5. The average Bonchev–Trinajstić information content (AvgIpc) is 3.59. The van der Waals surface area contributed by atoms with E-state index in [4.69, 9.17) is 4.74 Å². The molecule has 1 aliphatic carbocycles. The molecule has 1 saturated carbocycles. The predicted molar refractivity (Wildman–Crippen MR) is 112 cm³/mol. The number of pyridine rings is 1. The molecule has 3 aromatic rings. The minimum atomic E-state index is -0.597. The van der Waals surface area contributed by atoms with Crippen LogP contribution in [0.25, 0.3) is 11.0 Å². The van der Waals surface area contributed by atoms with Gasteiger partial charge in [0.15, 0.2) is 0 Å². The van der Waals surface area contributed by atoms with E-state index < -0.39 is 23.0 Å². The van der Waals surface area contributed by atoms with Gasteiger partial charge in [0.1, 0.15) is 11.5 Å². The largest absolute Gasteiger partial charge is 0.378 e. The van der Waals surface area contributed by atoms with Crippen LogP contribution in [0.15, 0.2) is 40.1 Å². The van der Waals surface area contributed by atoms with Gasteiger partial charge < -0.3 is 15.0 Å². The number of hydrogen-bond acceptors (Lipinski definition) is 6. The first-order valence-corrected chi connectivity index (χ1v) is 10.1. The van der Waals surface area contributed by atoms with E-state index >= 15 is 0 Å². The summed E-state index contributed by atoms with van der Waals surface area (Å²) in [5, 5.41) is 2.79. The van der Waals surface area contributed by atoms with E-state index in [1.165, 1.54) is 22.9 Å². The number of morpholine rings is 1. The smallest absolute Gasteiger partial charge is 0.330 e. The molecule has 0 spiro atoms. The molecule has 31 heavy (non-hydrogen) atoms. The van der Waals surface area contributed by atoms with Crippen molar-refractivity contribution in [1.82, 2.24) is 14.5 Å². The Morgan fingerprint density at radius 2 is 1.97 bits per heavy atom. The fourth-order valence-electron chi connectivity index (χ4n) is 3.78. The Morgan fingerprint density at radius 1 is 1.19 bits per heavy atom. The first-order valence-electron chi connectivity index (χ1n) is 10.1. The van der Waals surface area contributed by atoms with Crippen molar-refractivity contribution in [2.75, 3.05) is 36.5 Å². The van der Waals surface area contributed by atoms with E-state index in [0.29, 0.717) is 32.0 Å². The fourth-order valence-corrected chi connectivity index (χ4v) is 3.78. The molecule has 0 radical (unpaired) electrons. The molecule has 2 N–H and O–H groups in total. The second-order valence-electron chi connectivity index (χ2n) is 7.68. The van der Waals surface area contributed by atoms with Crippen molar-refractivity contribution in [1.29, 1.82) is 0 Å². The number of nitrogens with one attached hydrogen (secondary N) is 2. The molecule has 1 aromatic carbocycles. The molecule has 5 rings (SSSR count). The number of rotatable bonds is 4. The number of benzene rings is 1. The number of carbonyl (C=O) groups is 1. The molecule has 10 heteroatoms. The zero-order valence-corrected chi connectivity index (χ0v) is 16.6. The summed E-state index contributed by atoms with van der Waals surface area (Å²) < 4.78 is 21.3. The van der Waals surface area contributed by atoms with Crippen LogP contribution in [0.2, 0.25) is 0 Å². The number of aromatic nitrogens is 3. The summed E-state index contributed by atoms with van der Waals surface area (Å²) in [5.74, 6) is -0.974. The second kappa shape index (κ2) is 7.62. The lowest BCUT2D eigenvalue weighted by Gasteiger charge is -2.29. The molecule has 1 amide bonds. The number of carbonyl (C=O) groups excluding carboxylic acids is 1. The van der Waals surface area contributed by atoms with E-state index in [1.54, 1.807) is 12.1 Å². The third kappa shape index (κ3) is 3.70. The monoisotopic (exact) mass is 425 g/mol. The van der Waals surface area contributed by atoms with Gasteiger partial charge in [-0.2, -0.15) is 0 Å². The summed E-state index contributed by atoms with van der Waals surface area (Å²) in [4.78, 5) is 45.4. The van der Waals surface area contributed by atoms with Crippen LogP contribution >= 0.6 is 0 Å². The lowest BCUT2D eigenvalue weighted by atomic mass is 10.2. The maximum Gasteiger partial charge on any atom is 0.330 e. The topological polar surface area (TPSA) is 109 Å². The number of halogens is 1. The maximum absolute atomic E-state index is 14.6. The van der Waals surface area contributed by atoms with Crippen LogP contribution in [0.5, 0.6) is 0 Å². The molecule has 1 aliphatic heterocycles. The fraction of sp³-hybridized carbons (Fsp3) is 0.333. The number of aromatic amines is 1. The molecule has 0 bridgehead atoms. The summed E-state index contributed by atoms with van der Waals surface area (Å²) in [6.45, 7) is 2.29. The van der Waals surface area contributed by atoms with Crippen molar-refractivity contribution < 1.29 is 13.9 Å². The minimum Gasteiger partial charge on any atom is -0.378 e. The molecule has 9 nitrogen and oxygen atoms in total. The molecular weight excluding hydrogens is 405 g/mol. The summed E-state index contributed by atoms with van der Waals surface area (Å²) >= 11 is 0. The van der Waals surface area contributed by atoms with E-state index in [1.807, 2.05) is 4.90 Å². The van der Waals surface area contributed by atoms with Crippen molar-refractivity contribution >= 4 is 28.3 Å². The van der Waals surface area contributed by atoms with Gasteiger partial charge >= 0.3 is 5.69 Å². The van der Waals surface area contributed by atoms with Crippen molar-refractivity contribution in [3.63, 3.8) is 0 Å². The van der Waals surface area contributed by atoms with Crippen molar-refractivity contribution in [3.05, 3.63) is 62.7 Å². The number of fused-ring (bicyclic) bond motifs is 1. The number of anilines is 2. The second-order valence-corrected chi connectivity index (χ2v) is 7.68. The SMILES string of the molecule is O=C(Nc1ccc(N2CCOCC2)c(F)c1)c1cnc2c(c1)c(=O)[nH]c(=O)n2C1CC1. The summed E-state index contributed by atoms with van der Waals surface area (Å²) in [7, 11) is 0. The lowest BCUT2D eigenvalue weighted by molar-refractivity contribution is 0.102. The van der Waals surface area contributed by atoms with Crippen LogP contribution in [-0.2, 0) is 4.74 Å². The standard InChI is InChI=1S/C21H20FN5O4/c22-16-10-13(1-4-17(16)26-5-7-31-8-6-26)24-19(28)12-9-15-18(23-11-12)27(14-2-3-14)21(30)25-20(15)29/h1,4,9-11,14H,2-3,5-8H2,(H,24,28)(H,25,29,30). The highest BCUT2D eigenvalue weighted by Gasteiger charge is 2.28. The Labute approximate surface area is 175 Å². The number of nitrogens with zero attached hydrogens (tertiary/aromatic N) is 3. The number of ether oxygens (including phenoxy) is 1. The van der Waals surface area contributed by atoms with Gasteiger partial charge in [-0.05, 0) is 37.1 Å². The zero-order valence-electron chi connectivity index (χ0n) is 16.6. The Balaban J connectivity index is 1.41. The third-order valence-electron chi connectivity index (χ3n) is 5.51. The van der Waals surface area contributed by atoms with Crippen LogP contribution in [0.3, 0.4) is 0 Å². The van der Waals surface area contributed by atoms with Crippen molar-refractivity contribution in [3.8, 4) is 0 Å². The van der Waals surface area contributed by atoms with Crippen LogP contribution in [0, 0.1) is 5.82 Å². The quantitative estimate of drug-likeness (QED) is 0.658. The summed E-state index contributed by atoms with van der Waals surface area (Å²) in [6.07, 6.45) is 3.00. The summed E-state index contributed by atoms with van der Waals surface area (Å²) in [6, 6.07) is 5.92. The summed E-state index contributed by atoms with van der Waals surface area (Å²) in [5.41, 5.74) is 0.0422. The van der Waals surface area contributed by atoms with Crippen LogP contribution in [0.4, 0.5) is 15.8 Å². The van der Waals surface area contributed by atoms with Gasteiger partial charge in [0.05, 0.1) is 29.9 Å². The van der Waals surface area contributed by atoms with E-state index in [9.17, 15) is 18.8 Å². The number of amides is 1. The van der Waals surface area contributed by atoms with Gasteiger partial charge in [-0.1, -0.05) is 0 Å². The normalized spacial score (nSPS) is 16.5. The molecule has 0 atom stereocenters. The molecule has 160 valence electrons. The highest BCUT2D eigenvalue weighted by Crippen LogP contribution is 2.34. The molecule has 1 saturated heterocycles. The third-order valence-corrected chi connectivity index (χ3v) is 5.51. The Kier molecular flexibility index (Phi) is 4.78. The highest BCUT2D eigenvalue weighted by atomic mass is 19.1. The number of H-pyrrole nitrogens is 1. The van der Waals surface area contributed by atoms with E-state index in [0.717, 1.165) is 12.8 Å². The van der Waals surface area contributed by atoms with Crippen molar-refractivity contribution in [2.24, 2.45) is 0 Å². The van der Waals surface area contributed by atoms with Crippen LogP contribution in [-0.4, -0.2) is 46.7 Å². The van der Waals surface area contributed by atoms with Gasteiger partial charge in [-0.15, -0.1) is 0 Å². The van der Waals surface area contributed by atoms with E-state index in [2.05, 4.69) is 15.3 Å². The Hall–Kier alpha value is -3.53. The lowest BCUT2D eigenvalue weighted by Crippen LogP contribution is -2.36. The van der Waals surface area contributed by atoms with Gasteiger partial charge in [-0.25, -0.2) is 14.2 Å². The van der Waals surface area contributed by atoms with Gasteiger partial charge in [0, 0.05) is 31.0 Å². The molecule has 2 aliphatic rings. The Bertz CT molecular complexity index is 1290. The Morgan fingerprint density at radius 3 is 2.68 bits per heavy atom. The molecular formula is C21H20FN5O4. The van der Waals surface area contributed by atoms with Crippen molar-refractivity contribution in [2.45, 2.75) is 18.9 Å². The van der Waals surface area contributed by atoms with Crippen LogP contribution in [0.1, 0.15) is 29.2 Å². The van der Waals surface area contributed by atoms with Gasteiger partial charge in [0.25, 0.3) is 11.5 Å². The molecule has 2 fully saturated rings. The van der Waals surface area contributed by atoms with Gasteiger partial charge in [0.2, 0.25) is 0 Å². The highest BCUT2D eigenvalue weighted by molar-refractivity contribution is 6.05. The molecule has 2 aromatic heterocycles.